The Morgan fingerprint density at radius 3 is 2.72 bits per heavy atom. The van der Waals surface area contributed by atoms with Gasteiger partial charge in [0.1, 0.15) is 11.4 Å². The lowest BCUT2D eigenvalue weighted by molar-refractivity contribution is 0.0396. The molecule has 1 aliphatic carbocycles. The summed E-state index contributed by atoms with van der Waals surface area (Å²) < 4.78 is 11.7. The molecular formula is C24H31N3O2. The van der Waals surface area contributed by atoms with Gasteiger partial charge >= 0.3 is 0 Å². The molecule has 1 fully saturated rings. The standard InChI is InChI=1S/C24H31N3O2/c1-25-23(26-16-18-8-7-9-19(14-18)17-28-2)27-21-15-24(12-5-6-13-24)29-22-11-4-3-10-20(21)22/h3-4,7-11,14,21H,5-6,12-13,15-17H2,1-2H3,(H2,25,26,27). The summed E-state index contributed by atoms with van der Waals surface area (Å²) in [5.74, 6) is 1.83. The van der Waals surface area contributed by atoms with Gasteiger partial charge in [0.15, 0.2) is 5.96 Å². The predicted octanol–water partition coefficient (Wildman–Crippen LogP) is 4.33. The fourth-order valence-corrected chi connectivity index (χ4v) is 4.61. The minimum Gasteiger partial charge on any atom is -0.487 e. The second kappa shape index (κ2) is 8.87. The maximum Gasteiger partial charge on any atom is 0.191 e. The van der Waals surface area contributed by atoms with Crippen LogP contribution < -0.4 is 15.4 Å². The van der Waals surface area contributed by atoms with Crippen molar-refractivity contribution < 1.29 is 9.47 Å². The Hall–Kier alpha value is -2.53. The fourth-order valence-electron chi connectivity index (χ4n) is 4.61. The Morgan fingerprint density at radius 1 is 1.14 bits per heavy atom. The summed E-state index contributed by atoms with van der Waals surface area (Å²) in [6.07, 6.45) is 5.75. The molecule has 2 N–H and O–H groups in total. The highest BCUT2D eigenvalue weighted by molar-refractivity contribution is 5.80. The highest BCUT2D eigenvalue weighted by atomic mass is 16.5. The predicted molar refractivity (Wildman–Crippen MR) is 116 cm³/mol. The van der Waals surface area contributed by atoms with Gasteiger partial charge < -0.3 is 20.1 Å². The minimum atomic E-state index is -0.0284. The highest BCUT2D eigenvalue weighted by Gasteiger charge is 2.43. The lowest BCUT2D eigenvalue weighted by Gasteiger charge is -2.40. The van der Waals surface area contributed by atoms with Gasteiger partial charge in [-0.05, 0) is 42.9 Å². The summed E-state index contributed by atoms with van der Waals surface area (Å²) >= 11 is 0. The van der Waals surface area contributed by atoms with Crippen LogP contribution in [0.5, 0.6) is 5.75 Å². The molecule has 2 aliphatic rings. The molecule has 1 atom stereocenters. The van der Waals surface area contributed by atoms with E-state index in [1.54, 1.807) is 7.11 Å². The number of methoxy groups -OCH3 is 1. The maximum atomic E-state index is 6.48. The molecule has 1 unspecified atom stereocenters. The van der Waals surface area contributed by atoms with Crippen LogP contribution in [-0.2, 0) is 17.9 Å². The van der Waals surface area contributed by atoms with Gasteiger partial charge in [0.2, 0.25) is 0 Å². The van der Waals surface area contributed by atoms with Crippen molar-refractivity contribution in [2.75, 3.05) is 14.2 Å². The van der Waals surface area contributed by atoms with Crippen molar-refractivity contribution in [1.29, 1.82) is 0 Å². The second-order valence-corrected chi connectivity index (χ2v) is 8.11. The summed E-state index contributed by atoms with van der Waals surface area (Å²) in [7, 11) is 3.55. The Bertz CT molecular complexity index is 859. The minimum absolute atomic E-state index is 0.0284. The number of aliphatic imine (C=N–C) groups is 1. The molecule has 1 aliphatic heterocycles. The van der Waals surface area contributed by atoms with Crippen LogP contribution in [0.3, 0.4) is 0 Å². The number of fused-ring (bicyclic) bond motifs is 1. The molecule has 2 aromatic rings. The molecule has 2 aromatic carbocycles. The van der Waals surface area contributed by atoms with E-state index >= 15 is 0 Å². The molecule has 1 saturated carbocycles. The van der Waals surface area contributed by atoms with E-state index in [2.05, 4.69) is 64.2 Å². The van der Waals surface area contributed by atoms with Gasteiger partial charge in [-0.15, -0.1) is 0 Å². The van der Waals surface area contributed by atoms with Gasteiger partial charge in [-0.2, -0.15) is 0 Å². The molecule has 4 rings (SSSR count). The first-order chi connectivity index (χ1) is 14.2. The van der Waals surface area contributed by atoms with E-state index in [1.807, 2.05) is 7.05 Å². The number of guanidine groups is 1. The van der Waals surface area contributed by atoms with Crippen molar-refractivity contribution in [3.8, 4) is 5.75 Å². The lowest BCUT2D eigenvalue weighted by atomic mass is 9.86. The van der Waals surface area contributed by atoms with Crippen molar-refractivity contribution in [2.45, 2.75) is 56.9 Å². The first kappa shape index (κ1) is 19.8. The van der Waals surface area contributed by atoms with E-state index in [1.165, 1.54) is 29.5 Å². The number of hydrogen-bond acceptors (Lipinski definition) is 3. The summed E-state index contributed by atoms with van der Waals surface area (Å²) in [6, 6.07) is 17.0. The van der Waals surface area contributed by atoms with Gasteiger partial charge in [0.25, 0.3) is 0 Å². The van der Waals surface area contributed by atoms with Crippen molar-refractivity contribution in [3.63, 3.8) is 0 Å². The van der Waals surface area contributed by atoms with E-state index in [4.69, 9.17) is 9.47 Å². The van der Waals surface area contributed by atoms with E-state index < -0.39 is 0 Å². The second-order valence-electron chi connectivity index (χ2n) is 8.11. The summed E-state index contributed by atoms with van der Waals surface area (Å²) in [4.78, 5) is 4.47. The van der Waals surface area contributed by atoms with Gasteiger partial charge in [-0.1, -0.05) is 42.5 Å². The molecule has 5 heteroatoms. The molecule has 0 amide bonds. The van der Waals surface area contributed by atoms with E-state index in [0.717, 1.165) is 31.0 Å². The van der Waals surface area contributed by atoms with Crippen LogP contribution in [0.4, 0.5) is 0 Å². The zero-order chi connectivity index (χ0) is 20.1. The third-order valence-electron chi connectivity index (χ3n) is 6.01. The van der Waals surface area contributed by atoms with E-state index in [-0.39, 0.29) is 11.6 Å². The Balaban J connectivity index is 1.46. The molecule has 1 heterocycles. The van der Waals surface area contributed by atoms with Crippen LogP contribution in [0.2, 0.25) is 0 Å². The van der Waals surface area contributed by atoms with Crippen molar-refractivity contribution in [3.05, 3.63) is 65.2 Å². The SMILES string of the molecule is CN=C(NCc1cccc(COC)c1)NC1CC2(CCCC2)Oc2ccccc21. The number of para-hydroxylation sites is 1. The molecule has 0 saturated heterocycles. The highest BCUT2D eigenvalue weighted by Crippen LogP contribution is 2.46. The molecule has 0 bridgehead atoms. The molecular weight excluding hydrogens is 362 g/mol. The third kappa shape index (κ3) is 4.56. The first-order valence-corrected chi connectivity index (χ1v) is 10.5. The van der Waals surface area contributed by atoms with Gasteiger partial charge in [-0.3, -0.25) is 4.99 Å². The Kier molecular flexibility index (Phi) is 6.05. The largest absolute Gasteiger partial charge is 0.487 e. The van der Waals surface area contributed by atoms with Gasteiger partial charge in [-0.25, -0.2) is 0 Å². The number of hydrogen-bond donors (Lipinski definition) is 2. The van der Waals surface area contributed by atoms with Crippen molar-refractivity contribution in [2.24, 2.45) is 4.99 Å². The third-order valence-corrected chi connectivity index (χ3v) is 6.01. The van der Waals surface area contributed by atoms with Gasteiger partial charge in [0.05, 0.1) is 12.6 Å². The molecule has 29 heavy (non-hydrogen) atoms. The molecule has 0 aromatic heterocycles. The van der Waals surface area contributed by atoms with Gasteiger partial charge in [0, 0.05) is 32.7 Å². The number of benzene rings is 2. The van der Waals surface area contributed by atoms with Crippen LogP contribution in [0.1, 0.15) is 54.8 Å². The molecule has 1 spiro atoms. The molecule has 154 valence electrons. The van der Waals surface area contributed by atoms with E-state index in [0.29, 0.717) is 13.2 Å². The molecule has 5 nitrogen and oxygen atoms in total. The van der Waals surface area contributed by atoms with E-state index in [9.17, 15) is 0 Å². The lowest BCUT2D eigenvalue weighted by Crippen LogP contribution is -2.46. The Morgan fingerprint density at radius 2 is 1.93 bits per heavy atom. The van der Waals surface area contributed by atoms with Crippen molar-refractivity contribution >= 4 is 5.96 Å². The zero-order valence-electron chi connectivity index (χ0n) is 17.4. The molecule has 0 radical (unpaired) electrons. The topological polar surface area (TPSA) is 54.9 Å². The summed E-state index contributed by atoms with van der Waals surface area (Å²) in [5, 5.41) is 7.13. The number of ether oxygens (including phenoxy) is 2. The number of nitrogens with zero attached hydrogens (tertiary/aromatic N) is 1. The van der Waals surface area contributed by atoms with Crippen molar-refractivity contribution in [1.82, 2.24) is 10.6 Å². The quantitative estimate of drug-likeness (QED) is 0.586. The van der Waals surface area contributed by atoms with Crippen LogP contribution in [0.25, 0.3) is 0 Å². The average molecular weight is 394 g/mol. The first-order valence-electron chi connectivity index (χ1n) is 10.5. The fraction of sp³-hybridized carbons (Fsp3) is 0.458. The smallest absolute Gasteiger partial charge is 0.191 e. The Labute approximate surface area is 173 Å². The average Bonchev–Trinajstić information content (AvgIpc) is 3.18. The summed E-state index contributed by atoms with van der Waals surface area (Å²) in [6.45, 7) is 1.34. The maximum absolute atomic E-state index is 6.48. The zero-order valence-corrected chi connectivity index (χ0v) is 17.4. The van der Waals surface area contributed by atoms with Crippen LogP contribution >= 0.6 is 0 Å². The normalized spacial score (nSPS) is 20.2. The van der Waals surface area contributed by atoms with Crippen LogP contribution in [0.15, 0.2) is 53.5 Å². The number of nitrogens with one attached hydrogen (secondary N) is 2. The van der Waals surface area contributed by atoms with Crippen LogP contribution in [0, 0.1) is 0 Å². The van der Waals surface area contributed by atoms with Crippen LogP contribution in [-0.4, -0.2) is 25.7 Å². The number of rotatable bonds is 5. The monoisotopic (exact) mass is 393 g/mol. The summed E-state index contributed by atoms with van der Waals surface area (Å²) in [5.41, 5.74) is 3.58.